The highest BCUT2D eigenvalue weighted by Gasteiger charge is 2.28. The van der Waals surface area contributed by atoms with Crippen LogP contribution in [-0.4, -0.2) is 45.0 Å². The second-order valence-electron chi connectivity index (χ2n) is 7.23. The minimum Gasteiger partial charge on any atom is -0.337 e. The van der Waals surface area contributed by atoms with Gasteiger partial charge in [0.25, 0.3) is 11.8 Å². The molecule has 0 aliphatic carbocycles. The third kappa shape index (κ3) is 4.30. The van der Waals surface area contributed by atoms with Crippen molar-refractivity contribution < 1.29 is 9.59 Å². The standard InChI is InChI=1S/C23H19N3O3S2/c1-25(13-16-12-20(27)24-18-6-4-3-5-17(16)18)21(28)15-9-7-14(8-10-15)11-19-22(29)26(2)23(30)31-19/h3-12H,13H2,1-2H3,(H,24,27). The number of pyridine rings is 1. The molecule has 0 spiro atoms. The number of benzene rings is 2. The van der Waals surface area contributed by atoms with Gasteiger partial charge in [-0.2, -0.15) is 0 Å². The minimum absolute atomic E-state index is 0.125. The predicted molar refractivity (Wildman–Crippen MR) is 128 cm³/mol. The van der Waals surface area contributed by atoms with E-state index in [1.807, 2.05) is 24.3 Å². The van der Waals surface area contributed by atoms with E-state index in [-0.39, 0.29) is 17.4 Å². The summed E-state index contributed by atoms with van der Waals surface area (Å²) in [6.07, 6.45) is 1.77. The number of carbonyl (C=O) groups is 2. The third-order valence-corrected chi connectivity index (χ3v) is 6.52. The number of aromatic nitrogens is 1. The van der Waals surface area contributed by atoms with Gasteiger partial charge < -0.3 is 9.88 Å². The number of likely N-dealkylation sites (N-methyl/N-ethyl adjacent to an activating group) is 1. The lowest BCUT2D eigenvalue weighted by atomic mass is 10.1. The molecule has 0 atom stereocenters. The number of carbonyl (C=O) groups excluding carboxylic acids is 2. The van der Waals surface area contributed by atoms with Crippen molar-refractivity contribution in [2.75, 3.05) is 14.1 Å². The van der Waals surface area contributed by atoms with Gasteiger partial charge in [0, 0.05) is 43.2 Å². The molecule has 1 fully saturated rings. The number of fused-ring (bicyclic) bond motifs is 1. The largest absolute Gasteiger partial charge is 0.337 e. The molecule has 2 heterocycles. The van der Waals surface area contributed by atoms with Crippen LogP contribution in [-0.2, 0) is 11.3 Å². The van der Waals surface area contributed by atoms with Crippen molar-refractivity contribution >= 4 is 57.1 Å². The summed E-state index contributed by atoms with van der Waals surface area (Å²) < 4.78 is 0.525. The number of thioether (sulfide) groups is 1. The van der Waals surface area contributed by atoms with Gasteiger partial charge >= 0.3 is 0 Å². The number of rotatable bonds is 4. The van der Waals surface area contributed by atoms with Crippen molar-refractivity contribution in [1.29, 1.82) is 0 Å². The maximum atomic E-state index is 12.9. The molecule has 0 bridgehead atoms. The van der Waals surface area contributed by atoms with Crippen LogP contribution in [0.4, 0.5) is 0 Å². The summed E-state index contributed by atoms with van der Waals surface area (Å²) in [7, 11) is 3.36. The molecular weight excluding hydrogens is 430 g/mol. The number of amides is 2. The van der Waals surface area contributed by atoms with E-state index in [1.165, 1.54) is 22.7 Å². The van der Waals surface area contributed by atoms with Crippen molar-refractivity contribution in [3.63, 3.8) is 0 Å². The highest BCUT2D eigenvalue weighted by atomic mass is 32.2. The molecule has 0 radical (unpaired) electrons. The molecule has 1 aliphatic rings. The number of hydrogen-bond donors (Lipinski definition) is 1. The van der Waals surface area contributed by atoms with Crippen LogP contribution in [0.5, 0.6) is 0 Å². The third-order valence-electron chi connectivity index (χ3n) is 5.03. The highest BCUT2D eigenvalue weighted by Crippen LogP contribution is 2.31. The van der Waals surface area contributed by atoms with Gasteiger partial charge in [-0.25, -0.2) is 0 Å². The summed E-state index contributed by atoms with van der Waals surface area (Å²) in [6.45, 7) is 0.310. The lowest BCUT2D eigenvalue weighted by Gasteiger charge is -2.18. The van der Waals surface area contributed by atoms with E-state index in [9.17, 15) is 14.4 Å². The van der Waals surface area contributed by atoms with Crippen LogP contribution in [0.25, 0.3) is 17.0 Å². The topological polar surface area (TPSA) is 73.5 Å². The minimum atomic E-state index is -0.198. The maximum Gasteiger partial charge on any atom is 0.265 e. The number of nitrogens with one attached hydrogen (secondary N) is 1. The molecule has 2 aromatic carbocycles. The molecule has 0 saturated carbocycles. The Balaban J connectivity index is 1.52. The molecule has 2 amide bonds. The maximum absolute atomic E-state index is 12.9. The second-order valence-corrected chi connectivity index (χ2v) is 8.90. The molecule has 31 heavy (non-hydrogen) atoms. The molecular formula is C23H19N3O3S2. The molecule has 1 aromatic heterocycles. The van der Waals surface area contributed by atoms with Crippen LogP contribution in [0.2, 0.25) is 0 Å². The fraction of sp³-hybridized carbons (Fsp3) is 0.130. The molecule has 156 valence electrons. The van der Waals surface area contributed by atoms with Crippen LogP contribution in [0.3, 0.4) is 0 Å². The van der Waals surface area contributed by atoms with Crippen molar-refractivity contribution in [2.45, 2.75) is 6.54 Å². The van der Waals surface area contributed by atoms with Gasteiger partial charge in [0.15, 0.2) is 0 Å². The van der Waals surface area contributed by atoms with Crippen LogP contribution in [0.1, 0.15) is 21.5 Å². The normalized spacial score (nSPS) is 15.2. The van der Waals surface area contributed by atoms with Crippen LogP contribution in [0.15, 0.2) is 64.3 Å². The summed E-state index contributed by atoms with van der Waals surface area (Å²) in [6, 6.07) is 16.1. The summed E-state index contributed by atoms with van der Waals surface area (Å²) in [5.74, 6) is -0.282. The van der Waals surface area contributed by atoms with Crippen LogP contribution >= 0.6 is 24.0 Å². The Labute approximate surface area is 188 Å². The number of nitrogens with zero attached hydrogens (tertiary/aromatic N) is 2. The van der Waals surface area contributed by atoms with Crippen LogP contribution in [0, 0.1) is 0 Å². The number of aromatic amines is 1. The molecule has 4 rings (SSSR count). The number of thiocarbonyl (C=S) groups is 1. The monoisotopic (exact) mass is 449 g/mol. The zero-order valence-corrected chi connectivity index (χ0v) is 18.5. The van der Waals surface area contributed by atoms with Crippen molar-refractivity contribution in [1.82, 2.24) is 14.8 Å². The Morgan fingerprint density at radius 2 is 1.87 bits per heavy atom. The second kappa shape index (κ2) is 8.49. The Morgan fingerprint density at radius 3 is 2.55 bits per heavy atom. The molecule has 8 heteroatoms. The quantitative estimate of drug-likeness (QED) is 0.486. The average Bonchev–Trinajstić information content (AvgIpc) is 3.00. The fourth-order valence-corrected chi connectivity index (χ4v) is 4.55. The van der Waals surface area contributed by atoms with E-state index in [4.69, 9.17) is 12.2 Å². The number of para-hydroxylation sites is 1. The molecule has 1 N–H and O–H groups in total. The fourth-order valence-electron chi connectivity index (χ4n) is 3.37. The summed E-state index contributed by atoms with van der Waals surface area (Å²) in [5.41, 5.74) is 2.67. The Morgan fingerprint density at radius 1 is 1.16 bits per heavy atom. The number of H-pyrrole nitrogens is 1. The zero-order chi connectivity index (χ0) is 22.1. The van der Waals surface area contributed by atoms with Gasteiger partial charge in [0.1, 0.15) is 4.32 Å². The van der Waals surface area contributed by atoms with E-state index >= 15 is 0 Å². The molecule has 6 nitrogen and oxygen atoms in total. The van der Waals surface area contributed by atoms with Gasteiger partial charge in [0.05, 0.1) is 4.91 Å². The molecule has 1 saturated heterocycles. The first-order chi connectivity index (χ1) is 14.8. The molecule has 3 aromatic rings. The average molecular weight is 450 g/mol. The molecule has 1 aliphatic heterocycles. The van der Waals surface area contributed by atoms with Gasteiger partial charge in [-0.3, -0.25) is 19.3 Å². The highest BCUT2D eigenvalue weighted by molar-refractivity contribution is 8.26. The first-order valence-electron chi connectivity index (χ1n) is 9.51. The first kappa shape index (κ1) is 21.0. The lowest BCUT2D eigenvalue weighted by Crippen LogP contribution is -2.27. The van der Waals surface area contributed by atoms with Crippen molar-refractivity contribution in [3.05, 3.63) is 86.5 Å². The molecule has 0 unspecified atom stereocenters. The summed E-state index contributed by atoms with van der Waals surface area (Å²) in [5, 5.41) is 0.908. The van der Waals surface area contributed by atoms with Gasteiger partial charge in [-0.05, 0) is 35.4 Å². The van der Waals surface area contributed by atoms with Crippen LogP contribution < -0.4 is 5.56 Å². The SMILES string of the molecule is CN(Cc1cc(=O)[nH]c2ccccc12)C(=O)c1ccc(C=C2SC(=S)N(C)C2=O)cc1. The summed E-state index contributed by atoms with van der Waals surface area (Å²) in [4.78, 5) is 43.4. The Hall–Kier alpha value is -3.23. The van der Waals surface area contributed by atoms with Gasteiger partial charge in [-0.15, -0.1) is 0 Å². The Bertz CT molecular complexity index is 1300. The Kier molecular flexibility index (Phi) is 5.75. The van der Waals surface area contributed by atoms with Gasteiger partial charge in [-0.1, -0.05) is 54.3 Å². The number of hydrogen-bond acceptors (Lipinski definition) is 5. The van der Waals surface area contributed by atoms with Crippen molar-refractivity contribution in [3.8, 4) is 0 Å². The van der Waals surface area contributed by atoms with Gasteiger partial charge in [0.2, 0.25) is 5.56 Å². The van der Waals surface area contributed by atoms with Crippen molar-refractivity contribution in [2.24, 2.45) is 0 Å². The van der Waals surface area contributed by atoms with E-state index in [0.717, 1.165) is 22.0 Å². The first-order valence-corrected chi connectivity index (χ1v) is 10.7. The zero-order valence-electron chi connectivity index (χ0n) is 16.9. The van der Waals surface area contributed by atoms with E-state index in [1.54, 1.807) is 49.3 Å². The van der Waals surface area contributed by atoms with E-state index in [0.29, 0.717) is 21.3 Å². The predicted octanol–water partition coefficient (Wildman–Crippen LogP) is 3.63. The van der Waals surface area contributed by atoms with E-state index in [2.05, 4.69) is 4.98 Å². The lowest BCUT2D eigenvalue weighted by molar-refractivity contribution is -0.121. The van der Waals surface area contributed by atoms with E-state index < -0.39 is 0 Å². The smallest absolute Gasteiger partial charge is 0.265 e. The summed E-state index contributed by atoms with van der Waals surface area (Å²) >= 11 is 6.40.